The predicted octanol–water partition coefficient (Wildman–Crippen LogP) is 5.12. The van der Waals surface area contributed by atoms with Gasteiger partial charge in [0.15, 0.2) is 0 Å². The highest BCUT2D eigenvalue weighted by molar-refractivity contribution is 9.11. The molecule has 0 spiro atoms. The van der Waals surface area contributed by atoms with Gasteiger partial charge in [-0.3, -0.25) is 4.79 Å². The largest absolute Gasteiger partial charge is 0.322 e. The molecule has 0 fully saturated rings. The maximum atomic E-state index is 12.0. The highest BCUT2D eigenvalue weighted by atomic mass is 79.9. The molecule has 0 saturated heterocycles. The Morgan fingerprint density at radius 3 is 2.33 bits per heavy atom. The van der Waals surface area contributed by atoms with Gasteiger partial charge < -0.3 is 5.32 Å². The van der Waals surface area contributed by atoms with Crippen LogP contribution in [-0.2, 0) is 0 Å². The van der Waals surface area contributed by atoms with Crippen LogP contribution < -0.4 is 5.32 Å². The number of amides is 1. The minimum absolute atomic E-state index is 0.181. The van der Waals surface area contributed by atoms with Gasteiger partial charge in [0.05, 0.1) is 0 Å². The van der Waals surface area contributed by atoms with Crippen LogP contribution in [0.25, 0.3) is 0 Å². The van der Waals surface area contributed by atoms with Crippen molar-refractivity contribution in [3.8, 4) is 0 Å². The molecule has 0 aliphatic rings. The maximum Gasteiger partial charge on any atom is 0.255 e. The molecule has 0 bridgehead atoms. The molecule has 0 heterocycles. The van der Waals surface area contributed by atoms with Gasteiger partial charge in [0.1, 0.15) is 0 Å². The van der Waals surface area contributed by atoms with Gasteiger partial charge in [0, 0.05) is 25.2 Å². The van der Waals surface area contributed by atoms with Crippen molar-refractivity contribution in [2.24, 2.45) is 0 Å². The Kier molecular flexibility index (Phi) is 4.43. The lowest BCUT2D eigenvalue weighted by atomic mass is 10.2. The van der Waals surface area contributed by atoms with E-state index < -0.39 is 0 Å². The normalized spacial score (nSPS) is 10.2. The van der Waals surface area contributed by atoms with E-state index in [0.29, 0.717) is 16.3 Å². The zero-order valence-corrected chi connectivity index (χ0v) is 13.0. The fourth-order valence-electron chi connectivity index (χ4n) is 1.45. The third kappa shape index (κ3) is 3.57. The van der Waals surface area contributed by atoms with Crippen molar-refractivity contribution in [2.75, 3.05) is 5.32 Å². The van der Waals surface area contributed by atoms with Crippen LogP contribution in [0, 0.1) is 0 Å². The van der Waals surface area contributed by atoms with Gasteiger partial charge in [-0.15, -0.1) is 0 Å². The standard InChI is InChI=1S/C13H8Br2ClNO/c14-9-4-8(5-10(15)6-9)13(18)17-12-3-1-2-11(16)7-12/h1-7H,(H,17,18). The summed E-state index contributed by atoms with van der Waals surface area (Å²) in [6.07, 6.45) is 0. The fraction of sp³-hybridized carbons (Fsp3) is 0. The first-order chi connectivity index (χ1) is 8.54. The molecule has 18 heavy (non-hydrogen) atoms. The van der Waals surface area contributed by atoms with Crippen LogP contribution in [0.4, 0.5) is 5.69 Å². The Labute approximate surface area is 127 Å². The van der Waals surface area contributed by atoms with E-state index in [1.807, 2.05) is 6.07 Å². The molecule has 0 radical (unpaired) electrons. The quantitative estimate of drug-likeness (QED) is 0.759. The molecule has 0 atom stereocenters. The average molecular weight is 389 g/mol. The number of anilines is 1. The number of nitrogens with one attached hydrogen (secondary N) is 1. The summed E-state index contributed by atoms with van der Waals surface area (Å²) in [7, 11) is 0. The van der Waals surface area contributed by atoms with Crippen LogP contribution in [0.15, 0.2) is 51.4 Å². The van der Waals surface area contributed by atoms with E-state index in [2.05, 4.69) is 37.2 Å². The third-order valence-corrected chi connectivity index (χ3v) is 3.36. The number of carbonyl (C=O) groups excluding carboxylic acids is 1. The maximum absolute atomic E-state index is 12.0. The smallest absolute Gasteiger partial charge is 0.255 e. The molecule has 2 nitrogen and oxygen atoms in total. The summed E-state index contributed by atoms with van der Waals surface area (Å²) < 4.78 is 1.68. The number of hydrogen-bond acceptors (Lipinski definition) is 1. The third-order valence-electron chi connectivity index (χ3n) is 2.21. The first-order valence-corrected chi connectivity index (χ1v) is 7.04. The second-order valence-corrected chi connectivity index (χ2v) is 5.89. The number of carbonyl (C=O) groups is 1. The summed E-state index contributed by atoms with van der Waals surface area (Å²) >= 11 is 12.6. The molecule has 2 aromatic carbocycles. The first-order valence-electron chi connectivity index (χ1n) is 5.07. The molecule has 1 amide bonds. The lowest BCUT2D eigenvalue weighted by Crippen LogP contribution is -2.11. The highest BCUT2D eigenvalue weighted by Gasteiger charge is 2.08. The van der Waals surface area contributed by atoms with Crippen molar-refractivity contribution < 1.29 is 4.79 Å². The van der Waals surface area contributed by atoms with E-state index in [1.54, 1.807) is 36.4 Å². The van der Waals surface area contributed by atoms with Gasteiger partial charge in [-0.05, 0) is 36.4 Å². The zero-order chi connectivity index (χ0) is 13.1. The van der Waals surface area contributed by atoms with Crippen LogP contribution in [0.3, 0.4) is 0 Å². The predicted molar refractivity (Wildman–Crippen MR) is 81.2 cm³/mol. The van der Waals surface area contributed by atoms with E-state index >= 15 is 0 Å². The molecule has 2 aromatic rings. The molecule has 2 rings (SSSR count). The van der Waals surface area contributed by atoms with Crippen LogP contribution in [0.1, 0.15) is 10.4 Å². The van der Waals surface area contributed by atoms with Crippen LogP contribution in [0.2, 0.25) is 5.02 Å². The molecule has 1 N–H and O–H groups in total. The van der Waals surface area contributed by atoms with Crippen molar-refractivity contribution in [1.29, 1.82) is 0 Å². The summed E-state index contributed by atoms with van der Waals surface area (Å²) in [6, 6.07) is 12.4. The van der Waals surface area contributed by atoms with Gasteiger partial charge in [-0.1, -0.05) is 49.5 Å². The van der Waals surface area contributed by atoms with Gasteiger partial charge in [-0.2, -0.15) is 0 Å². The monoisotopic (exact) mass is 387 g/mol. The molecule has 92 valence electrons. The molecule has 0 saturated carbocycles. The topological polar surface area (TPSA) is 29.1 Å². The summed E-state index contributed by atoms with van der Waals surface area (Å²) in [6.45, 7) is 0. The molecule has 0 aliphatic carbocycles. The van der Waals surface area contributed by atoms with E-state index in [0.717, 1.165) is 8.95 Å². The molecular formula is C13H8Br2ClNO. The van der Waals surface area contributed by atoms with E-state index in [1.165, 1.54) is 0 Å². The Balaban J connectivity index is 2.22. The van der Waals surface area contributed by atoms with Crippen molar-refractivity contribution >= 4 is 55.1 Å². The summed E-state index contributed by atoms with van der Waals surface area (Å²) in [4.78, 5) is 12.0. The number of rotatable bonds is 2. The lowest BCUT2D eigenvalue weighted by molar-refractivity contribution is 0.102. The van der Waals surface area contributed by atoms with Crippen LogP contribution in [-0.4, -0.2) is 5.91 Å². The molecular weight excluding hydrogens is 381 g/mol. The van der Waals surface area contributed by atoms with Gasteiger partial charge in [0.2, 0.25) is 0 Å². The van der Waals surface area contributed by atoms with Gasteiger partial charge in [0.25, 0.3) is 5.91 Å². The lowest BCUT2D eigenvalue weighted by Gasteiger charge is -2.06. The minimum atomic E-state index is -0.181. The Morgan fingerprint density at radius 2 is 1.72 bits per heavy atom. The second kappa shape index (κ2) is 5.87. The average Bonchev–Trinajstić information content (AvgIpc) is 2.27. The molecule has 0 aliphatic heterocycles. The number of halogens is 3. The van der Waals surface area contributed by atoms with E-state index in [-0.39, 0.29) is 5.91 Å². The number of benzene rings is 2. The SMILES string of the molecule is O=C(Nc1cccc(Cl)c1)c1cc(Br)cc(Br)c1. The van der Waals surface area contributed by atoms with Crippen molar-refractivity contribution in [3.63, 3.8) is 0 Å². The van der Waals surface area contributed by atoms with E-state index in [9.17, 15) is 4.79 Å². The number of hydrogen-bond donors (Lipinski definition) is 1. The summed E-state index contributed by atoms with van der Waals surface area (Å²) in [5.74, 6) is -0.181. The van der Waals surface area contributed by atoms with Crippen LogP contribution >= 0.6 is 43.5 Å². The van der Waals surface area contributed by atoms with E-state index in [4.69, 9.17) is 11.6 Å². The molecule has 0 unspecified atom stereocenters. The summed E-state index contributed by atoms with van der Waals surface area (Å²) in [5, 5.41) is 3.37. The van der Waals surface area contributed by atoms with Crippen molar-refractivity contribution in [2.45, 2.75) is 0 Å². The molecule has 5 heteroatoms. The van der Waals surface area contributed by atoms with Crippen molar-refractivity contribution in [1.82, 2.24) is 0 Å². The minimum Gasteiger partial charge on any atom is -0.322 e. The second-order valence-electron chi connectivity index (χ2n) is 3.62. The Morgan fingerprint density at radius 1 is 1.06 bits per heavy atom. The highest BCUT2D eigenvalue weighted by Crippen LogP contribution is 2.21. The first kappa shape index (κ1) is 13.6. The summed E-state index contributed by atoms with van der Waals surface area (Å²) in [5.41, 5.74) is 1.24. The Bertz CT molecular complexity index is 581. The van der Waals surface area contributed by atoms with Gasteiger partial charge in [-0.25, -0.2) is 0 Å². The zero-order valence-electron chi connectivity index (χ0n) is 9.08. The molecule has 0 aromatic heterocycles. The van der Waals surface area contributed by atoms with Gasteiger partial charge >= 0.3 is 0 Å². The fourth-order valence-corrected chi connectivity index (χ4v) is 2.94. The van der Waals surface area contributed by atoms with Crippen molar-refractivity contribution in [3.05, 3.63) is 62.0 Å². The Hall–Kier alpha value is -0.840. The van der Waals surface area contributed by atoms with Crippen LogP contribution in [0.5, 0.6) is 0 Å².